The van der Waals surface area contributed by atoms with E-state index in [-0.39, 0.29) is 60.1 Å². The van der Waals surface area contributed by atoms with E-state index in [9.17, 15) is 34.1 Å². The van der Waals surface area contributed by atoms with Gasteiger partial charge >= 0.3 is 17.3 Å². The van der Waals surface area contributed by atoms with Crippen molar-refractivity contribution in [1.29, 1.82) is 0 Å². The number of carbonyl (C=O) groups is 4. The van der Waals surface area contributed by atoms with E-state index in [1.807, 2.05) is 19.9 Å². The fourth-order valence-electron chi connectivity index (χ4n) is 6.06. The molecule has 18 heteroatoms. The van der Waals surface area contributed by atoms with Crippen LogP contribution in [-0.4, -0.2) is 85.3 Å². The van der Waals surface area contributed by atoms with E-state index in [4.69, 9.17) is 13.9 Å². The number of ether oxygens (including phenoxy) is 2. The van der Waals surface area contributed by atoms with Gasteiger partial charge in [-0.3, -0.25) is 24.5 Å². The maximum absolute atomic E-state index is 12.7. The molecule has 0 atom stereocenters. The second kappa shape index (κ2) is 22.1. The average Bonchev–Trinajstić information content (AvgIpc) is 3.74. The smallest absolute Gasteiger partial charge is 0.349 e. The molecule has 3 N–H and O–H groups in total. The van der Waals surface area contributed by atoms with Gasteiger partial charge in [-0.25, -0.2) is 14.2 Å². The van der Waals surface area contributed by atoms with Crippen LogP contribution in [0, 0.1) is 10.1 Å². The van der Waals surface area contributed by atoms with Gasteiger partial charge in [0, 0.05) is 61.5 Å². The molecule has 0 radical (unpaired) electrons. The van der Waals surface area contributed by atoms with Gasteiger partial charge in [-0.1, -0.05) is 24.6 Å². The number of rotatable bonds is 23. The summed E-state index contributed by atoms with van der Waals surface area (Å²) in [6.07, 6.45) is 7.08. The van der Waals surface area contributed by atoms with E-state index in [2.05, 4.69) is 35.8 Å². The maximum Gasteiger partial charge on any atom is 0.349 e. The van der Waals surface area contributed by atoms with Gasteiger partial charge in [0.15, 0.2) is 5.52 Å². The zero-order chi connectivity index (χ0) is 42.9. The lowest BCUT2D eigenvalue weighted by Crippen LogP contribution is -2.31. The number of hydrogen-bond donors (Lipinski definition) is 3. The number of nitro benzene ring substituents is 1. The van der Waals surface area contributed by atoms with Crippen LogP contribution in [-0.2, 0) is 23.9 Å². The summed E-state index contributed by atoms with van der Waals surface area (Å²) in [5, 5.41) is 27.8. The molecule has 0 bridgehead atoms. The van der Waals surface area contributed by atoms with Gasteiger partial charge in [0.25, 0.3) is 5.91 Å². The van der Waals surface area contributed by atoms with Crippen molar-refractivity contribution in [1.82, 2.24) is 15.6 Å². The lowest BCUT2D eigenvalue weighted by molar-refractivity contribution is -0.383. The minimum Gasteiger partial charge on any atom is -0.460 e. The molecule has 0 saturated heterocycles. The molecular formula is C42H45N7O11. The van der Waals surface area contributed by atoms with Crippen molar-refractivity contribution in [3.63, 3.8) is 0 Å². The third kappa shape index (κ3) is 12.2. The Hall–Kier alpha value is -7.21. The number of esters is 1. The van der Waals surface area contributed by atoms with Gasteiger partial charge in [-0.2, -0.15) is 0 Å². The molecule has 0 saturated carbocycles. The number of hydrogen-bond acceptors (Lipinski definition) is 15. The molecule has 60 heavy (non-hydrogen) atoms. The van der Waals surface area contributed by atoms with Crippen molar-refractivity contribution in [2.24, 2.45) is 0 Å². The molecule has 0 fully saturated rings. The van der Waals surface area contributed by atoms with Crippen LogP contribution in [0.5, 0.6) is 0 Å². The molecular weight excluding hydrogens is 778 g/mol. The summed E-state index contributed by atoms with van der Waals surface area (Å²) in [5.41, 5.74) is 2.49. The minimum absolute atomic E-state index is 0.0134. The first-order valence-corrected chi connectivity index (χ1v) is 19.3. The highest BCUT2D eigenvalue weighted by atomic mass is 16.6. The van der Waals surface area contributed by atoms with Crippen LogP contribution in [0.25, 0.3) is 28.1 Å². The second-order valence-corrected chi connectivity index (χ2v) is 13.2. The van der Waals surface area contributed by atoms with Gasteiger partial charge in [0.2, 0.25) is 11.4 Å². The van der Waals surface area contributed by atoms with Gasteiger partial charge in [-0.05, 0) is 91.1 Å². The van der Waals surface area contributed by atoms with E-state index in [0.29, 0.717) is 53.6 Å². The first-order valence-electron chi connectivity index (χ1n) is 19.3. The predicted octanol–water partition coefficient (Wildman–Crippen LogP) is 5.82. The third-order valence-corrected chi connectivity index (χ3v) is 9.21. The molecule has 3 aromatic carbocycles. The number of nitrogens with one attached hydrogen (secondary N) is 3. The fraction of sp³-hybridized carbons (Fsp3) is 0.310. The summed E-state index contributed by atoms with van der Waals surface area (Å²) >= 11 is 0. The molecule has 0 aliphatic heterocycles. The number of aldehydes is 1. The minimum atomic E-state index is -0.747. The SMILES string of the molecule is CCN(CC)c1ccc2cc(C(=O)NCCOCCOC(=O)C(/C=C/c3ccc(NC(=O)CCCCCNc4ccc([N+](=O)[O-])c5nonc45)cc3)=C/C=O)c(=O)oc2c1. The molecule has 0 spiro atoms. The van der Waals surface area contributed by atoms with Crippen LogP contribution >= 0.6 is 0 Å². The normalized spacial score (nSPS) is 11.5. The molecule has 0 aliphatic carbocycles. The van der Waals surface area contributed by atoms with Crippen molar-refractivity contribution in [2.75, 3.05) is 61.5 Å². The monoisotopic (exact) mass is 823 g/mol. The zero-order valence-electron chi connectivity index (χ0n) is 33.1. The van der Waals surface area contributed by atoms with Crippen LogP contribution in [0.4, 0.5) is 22.7 Å². The Morgan fingerprint density at radius 3 is 2.45 bits per heavy atom. The summed E-state index contributed by atoms with van der Waals surface area (Å²) in [6.45, 7) is 6.31. The summed E-state index contributed by atoms with van der Waals surface area (Å²) < 4.78 is 20.8. The highest BCUT2D eigenvalue weighted by molar-refractivity contribution is 5.98. The van der Waals surface area contributed by atoms with Crippen LogP contribution in [0.3, 0.4) is 0 Å². The van der Waals surface area contributed by atoms with Gasteiger partial charge in [0.1, 0.15) is 24.0 Å². The number of amides is 2. The zero-order valence-corrected chi connectivity index (χ0v) is 33.1. The van der Waals surface area contributed by atoms with Crippen molar-refractivity contribution < 1.29 is 42.6 Å². The fourth-order valence-corrected chi connectivity index (χ4v) is 6.06. The molecule has 5 aromatic rings. The third-order valence-electron chi connectivity index (χ3n) is 9.21. The Kier molecular flexibility index (Phi) is 16.2. The molecule has 18 nitrogen and oxygen atoms in total. The number of carbonyl (C=O) groups excluding carboxylic acids is 4. The number of fused-ring (bicyclic) bond motifs is 2. The van der Waals surface area contributed by atoms with E-state index < -0.39 is 22.4 Å². The predicted molar refractivity (Wildman–Crippen MR) is 224 cm³/mol. The Labute approximate surface area is 343 Å². The molecule has 2 amide bonds. The first-order chi connectivity index (χ1) is 29.1. The maximum atomic E-state index is 12.7. The topological polar surface area (TPSA) is 238 Å². The van der Waals surface area contributed by atoms with Crippen molar-refractivity contribution >= 4 is 74.9 Å². The summed E-state index contributed by atoms with van der Waals surface area (Å²) in [7, 11) is 0. The number of nitro groups is 1. The summed E-state index contributed by atoms with van der Waals surface area (Å²) in [5.74, 6) is -1.49. The Balaban J connectivity index is 0.958. The summed E-state index contributed by atoms with van der Waals surface area (Å²) in [4.78, 5) is 74.2. The standard InChI is InChI=1S/C42H45N7O11/c1-3-48(4-2)32-16-13-30-26-33(42(54)59-36(30)27-32)40(52)44-21-23-57-24-25-58-41(53)29(19-22-50)12-9-28-10-14-31(15-11-28)45-37(51)8-6-5-7-20-43-34-17-18-35(49(55)56)39-38(34)46-60-47-39/h9-19,22,26-27,43H,3-8,20-21,23-25H2,1-2H3,(H,44,52)(H,45,51)/b12-9+,29-19+. The molecule has 2 aromatic heterocycles. The second-order valence-electron chi connectivity index (χ2n) is 13.2. The van der Waals surface area contributed by atoms with Crippen molar-refractivity contribution in [3.8, 4) is 0 Å². The largest absolute Gasteiger partial charge is 0.460 e. The number of aromatic nitrogens is 2. The number of allylic oxidation sites excluding steroid dienone is 1. The number of anilines is 3. The van der Waals surface area contributed by atoms with Gasteiger partial charge in [0.05, 0.1) is 29.4 Å². The average molecular weight is 824 g/mol. The van der Waals surface area contributed by atoms with Crippen LogP contribution in [0.15, 0.2) is 92.2 Å². The van der Waals surface area contributed by atoms with Crippen LogP contribution in [0.1, 0.15) is 55.5 Å². The van der Waals surface area contributed by atoms with Crippen LogP contribution in [0.2, 0.25) is 0 Å². The molecule has 0 aliphatic rings. The molecule has 5 rings (SSSR count). The molecule has 0 unspecified atom stereocenters. The highest BCUT2D eigenvalue weighted by Crippen LogP contribution is 2.29. The molecule has 314 valence electrons. The Bertz CT molecular complexity index is 2420. The van der Waals surface area contributed by atoms with Gasteiger partial charge in [-0.15, -0.1) is 0 Å². The number of unbranched alkanes of at least 4 members (excludes halogenated alkanes) is 2. The van der Waals surface area contributed by atoms with E-state index in [1.165, 1.54) is 18.2 Å². The van der Waals surface area contributed by atoms with E-state index in [0.717, 1.165) is 37.7 Å². The number of benzene rings is 3. The Morgan fingerprint density at radius 1 is 0.917 bits per heavy atom. The van der Waals surface area contributed by atoms with E-state index >= 15 is 0 Å². The lowest BCUT2D eigenvalue weighted by atomic mass is 10.1. The highest BCUT2D eigenvalue weighted by Gasteiger charge is 2.19. The summed E-state index contributed by atoms with van der Waals surface area (Å²) in [6, 6.07) is 16.8. The lowest BCUT2D eigenvalue weighted by Gasteiger charge is -2.21. The van der Waals surface area contributed by atoms with Gasteiger partial charge < -0.3 is 34.7 Å². The van der Waals surface area contributed by atoms with Crippen molar-refractivity contribution in [2.45, 2.75) is 39.5 Å². The quantitative estimate of drug-likeness (QED) is 0.0103. The van der Waals surface area contributed by atoms with Crippen molar-refractivity contribution in [3.05, 3.63) is 110 Å². The first kappa shape index (κ1) is 43.9. The van der Waals surface area contributed by atoms with E-state index in [1.54, 1.807) is 48.5 Å². The Morgan fingerprint density at radius 2 is 1.70 bits per heavy atom. The number of nitrogens with zero attached hydrogens (tertiary/aromatic N) is 4. The molecule has 2 heterocycles. The van der Waals surface area contributed by atoms with Crippen LogP contribution < -0.4 is 26.5 Å². The number of non-ortho nitro benzene ring substituents is 1.